The lowest BCUT2D eigenvalue weighted by Gasteiger charge is -2.09. The van der Waals surface area contributed by atoms with E-state index in [9.17, 15) is 9.18 Å². The van der Waals surface area contributed by atoms with Gasteiger partial charge in [-0.25, -0.2) is 4.39 Å². The number of halogens is 1. The molecule has 1 aromatic heterocycles. The van der Waals surface area contributed by atoms with Crippen LogP contribution in [0.3, 0.4) is 0 Å². The lowest BCUT2D eigenvalue weighted by atomic mass is 10.2. The van der Waals surface area contributed by atoms with Crippen LogP contribution in [0, 0.1) is 12.7 Å². The average Bonchev–Trinajstić information content (AvgIpc) is 3.07. The van der Waals surface area contributed by atoms with E-state index in [1.807, 2.05) is 31.2 Å². The summed E-state index contributed by atoms with van der Waals surface area (Å²) in [5.74, 6) is 0.326. The van der Waals surface area contributed by atoms with E-state index in [4.69, 9.17) is 9.15 Å². The molecule has 0 aliphatic rings. The monoisotopic (exact) mass is 387 g/mol. The van der Waals surface area contributed by atoms with Crippen LogP contribution >= 0.6 is 11.8 Å². The molecule has 1 heterocycles. The number of nitrogens with one attached hydrogen (secondary N) is 1. The Hall–Kier alpha value is -2.87. The van der Waals surface area contributed by atoms with Gasteiger partial charge in [-0.2, -0.15) is 0 Å². The second kappa shape index (κ2) is 8.68. The number of ether oxygens (including phenoxy) is 1. The predicted octanol–water partition coefficient (Wildman–Crippen LogP) is 4.22. The summed E-state index contributed by atoms with van der Waals surface area (Å²) in [5.41, 5.74) is 1.48. The number of rotatable bonds is 7. The van der Waals surface area contributed by atoms with E-state index in [2.05, 4.69) is 15.5 Å². The lowest BCUT2D eigenvalue weighted by Crippen LogP contribution is -2.22. The fourth-order valence-corrected chi connectivity index (χ4v) is 2.91. The normalized spacial score (nSPS) is 11.8. The molecule has 6 nitrogen and oxygen atoms in total. The minimum atomic E-state index is -0.501. The van der Waals surface area contributed by atoms with Crippen LogP contribution < -0.4 is 10.1 Å². The Morgan fingerprint density at radius 3 is 2.85 bits per heavy atom. The van der Waals surface area contributed by atoms with Crippen molar-refractivity contribution in [3.8, 4) is 5.75 Å². The van der Waals surface area contributed by atoms with Gasteiger partial charge in [0.15, 0.2) is 6.61 Å². The molecule has 0 aliphatic carbocycles. The zero-order valence-corrected chi connectivity index (χ0v) is 15.6. The topological polar surface area (TPSA) is 77.2 Å². The molecule has 0 fully saturated rings. The number of thioether (sulfide) groups is 1. The summed E-state index contributed by atoms with van der Waals surface area (Å²) < 4.78 is 24.3. The number of nitrogens with zero attached hydrogens (tertiary/aromatic N) is 2. The van der Waals surface area contributed by atoms with Gasteiger partial charge in [0.25, 0.3) is 11.1 Å². The first-order valence-electron chi connectivity index (χ1n) is 8.24. The van der Waals surface area contributed by atoms with Gasteiger partial charge in [-0.05, 0) is 49.7 Å². The van der Waals surface area contributed by atoms with E-state index >= 15 is 0 Å². The van der Waals surface area contributed by atoms with Gasteiger partial charge in [-0.15, -0.1) is 10.2 Å². The van der Waals surface area contributed by atoms with Gasteiger partial charge in [0, 0.05) is 5.69 Å². The van der Waals surface area contributed by atoms with E-state index in [-0.39, 0.29) is 17.7 Å². The second-order valence-electron chi connectivity index (χ2n) is 5.83. The number of carbonyl (C=O) groups excluding carboxylic acids is 1. The first-order valence-corrected chi connectivity index (χ1v) is 9.12. The minimum absolute atomic E-state index is 0.140. The van der Waals surface area contributed by atoms with Crippen LogP contribution in [0.2, 0.25) is 0 Å². The van der Waals surface area contributed by atoms with Gasteiger partial charge >= 0.3 is 0 Å². The zero-order valence-electron chi connectivity index (χ0n) is 14.8. The maximum Gasteiger partial charge on any atom is 0.277 e. The van der Waals surface area contributed by atoms with Crippen LogP contribution in [0.5, 0.6) is 5.75 Å². The van der Waals surface area contributed by atoms with E-state index in [1.165, 1.54) is 18.2 Å². The minimum Gasteiger partial charge on any atom is -0.484 e. The van der Waals surface area contributed by atoms with Crippen LogP contribution in [0.15, 0.2) is 58.2 Å². The molecule has 0 bridgehead atoms. The van der Waals surface area contributed by atoms with Gasteiger partial charge in [0.05, 0.1) is 5.25 Å². The number of carbonyl (C=O) groups is 1. The summed E-state index contributed by atoms with van der Waals surface area (Å²) in [6.45, 7) is 3.82. The Kier molecular flexibility index (Phi) is 6.08. The molecule has 0 spiro atoms. The average molecular weight is 387 g/mol. The predicted molar refractivity (Wildman–Crippen MR) is 100 cm³/mol. The zero-order chi connectivity index (χ0) is 19.2. The molecule has 1 amide bonds. The summed E-state index contributed by atoms with van der Waals surface area (Å²) >= 11 is 1.12. The van der Waals surface area contributed by atoms with Crippen molar-refractivity contribution in [2.24, 2.45) is 0 Å². The fraction of sp³-hybridized carbons (Fsp3) is 0.211. The maximum atomic E-state index is 13.2. The molecule has 0 saturated carbocycles. The molecule has 27 heavy (non-hydrogen) atoms. The van der Waals surface area contributed by atoms with Crippen molar-refractivity contribution in [2.45, 2.75) is 30.9 Å². The molecule has 0 aliphatic heterocycles. The Balaban J connectivity index is 1.52. The van der Waals surface area contributed by atoms with Crippen molar-refractivity contribution in [1.29, 1.82) is 0 Å². The van der Waals surface area contributed by atoms with Crippen LogP contribution in [-0.4, -0.2) is 21.4 Å². The standard InChI is InChI=1S/C19H18FN3O3S/c1-12-5-3-8-16(9-12)25-11-17-22-23-19(26-17)27-13(2)18(24)21-15-7-4-6-14(20)10-15/h3-10,13H,11H2,1-2H3,(H,21,24)/t13-/m1/s1. The number of amides is 1. The molecule has 2 aromatic carbocycles. The van der Waals surface area contributed by atoms with Crippen molar-refractivity contribution in [1.82, 2.24) is 10.2 Å². The molecule has 140 valence electrons. The Morgan fingerprint density at radius 1 is 1.26 bits per heavy atom. The molecule has 0 unspecified atom stereocenters. The second-order valence-corrected chi connectivity index (χ2v) is 7.12. The summed E-state index contributed by atoms with van der Waals surface area (Å²) in [6.07, 6.45) is 0. The van der Waals surface area contributed by atoms with Crippen LogP contribution in [0.25, 0.3) is 0 Å². The largest absolute Gasteiger partial charge is 0.484 e. The number of benzene rings is 2. The van der Waals surface area contributed by atoms with Crippen molar-refractivity contribution in [2.75, 3.05) is 5.32 Å². The number of hydrogen-bond donors (Lipinski definition) is 1. The fourth-order valence-electron chi connectivity index (χ4n) is 2.21. The Bertz CT molecular complexity index is 932. The summed E-state index contributed by atoms with van der Waals surface area (Å²) in [6, 6.07) is 13.3. The van der Waals surface area contributed by atoms with Gasteiger partial charge < -0.3 is 14.5 Å². The third-order valence-electron chi connectivity index (χ3n) is 3.54. The Labute approximate surface area is 160 Å². The highest BCUT2D eigenvalue weighted by Gasteiger charge is 2.19. The van der Waals surface area contributed by atoms with E-state index in [1.54, 1.807) is 13.0 Å². The highest BCUT2D eigenvalue weighted by molar-refractivity contribution is 8.00. The SMILES string of the molecule is Cc1cccc(OCc2nnc(S[C@H](C)C(=O)Nc3cccc(F)c3)o2)c1. The maximum absolute atomic E-state index is 13.2. The molecule has 0 saturated heterocycles. The lowest BCUT2D eigenvalue weighted by molar-refractivity contribution is -0.115. The van der Waals surface area contributed by atoms with E-state index < -0.39 is 11.1 Å². The number of anilines is 1. The molecule has 3 aromatic rings. The molecule has 1 N–H and O–H groups in total. The summed E-state index contributed by atoms with van der Waals surface area (Å²) in [5, 5.41) is 10.2. The van der Waals surface area contributed by atoms with Crippen LogP contribution in [0.1, 0.15) is 18.4 Å². The third-order valence-corrected chi connectivity index (χ3v) is 4.47. The number of aromatic nitrogens is 2. The van der Waals surface area contributed by atoms with Gasteiger partial charge in [0.2, 0.25) is 5.91 Å². The highest BCUT2D eigenvalue weighted by atomic mass is 32.2. The Morgan fingerprint density at radius 2 is 2.07 bits per heavy atom. The van der Waals surface area contributed by atoms with E-state index in [0.29, 0.717) is 17.3 Å². The van der Waals surface area contributed by atoms with Gasteiger partial charge in [0.1, 0.15) is 11.6 Å². The molecule has 1 atom stereocenters. The first-order chi connectivity index (χ1) is 13.0. The molecule has 8 heteroatoms. The van der Waals surface area contributed by atoms with Crippen molar-refractivity contribution in [3.63, 3.8) is 0 Å². The summed E-state index contributed by atoms with van der Waals surface area (Å²) in [7, 11) is 0. The van der Waals surface area contributed by atoms with Gasteiger partial charge in [-0.3, -0.25) is 4.79 Å². The molecular formula is C19H18FN3O3S. The summed E-state index contributed by atoms with van der Waals surface area (Å²) in [4.78, 5) is 12.2. The van der Waals surface area contributed by atoms with Crippen molar-refractivity contribution >= 4 is 23.4 Å². The van der Waals surface area contributed by atoms with Crippen molar-refractivity contribution < 1.29 is 18.3 Å². The van der Waals surface area contributed by atoms with Crippen molar-refractivity contribution in [3.05, 3.63) is 65.8 Å². The number of aryl methyl sites for hydroxylation is 1. The number of hydrogen-bond acceptors (Lipinski definition) is 6. The smallest absolute Gasteiger partial charge is 0.277 e. The van der Waals surface area contributed by atoms with Crippen LogP contribution in [0.4, 0.5) is 10.1 Å². The third kappa shape index (κ3) is 5.55. The van der Waals surface area contributed by atoms with Gasteiger partial charge in [-0.1, -0.05) is 30.0 Å². The van der Waals surface area contributed by atoms with E-state index in [0.717, 1.165) is 17.3 Å². The quantitative estimate of drug-likeness (QED) is 0.612. The first kappa shape index (κ1) is 18.9. The molecular weight excluding hydrogens is 369 g/mol. The van der Waals surface area contributed by atoms with Crippen LogP contribution in [-0.2, 0) is 11.4 Å². The molecule has 3 rings (SSSR count). The highest BCUT2D eigenvalue weighted by Crippen LogP contribution is 2.24. The molecule has 0 radical (unpaired) electrons.